The first kappa shape index (κ1) is 14.5. The van der Waals surface area contributed by atoms with Gasteiger partial charge in [-0.05, 0) is 35.7 Å². The van der Waals surface area contributed by atoms with Crippen LogP contribution in [-0.2, 0) is 6.54 Å². The molecule has 0 amide bonds. The highest BCUT2D eigenvalue weighted by atomic mass is 19.1. The van der Waals surface area contributed by atoms with Crippen molar-refractivity contribution >= 4 is 0 Å². The van der Waals surface area contributed by atoms with Crippen LogP contribution in [-0.4, -0.2) is 12.1 Å². The third-order valence-corrected chi connectivity index (χ3v) is 3.24. The molecule has 1 unspecified atom stereocenters. The van der Waals surface area contributed by atoms with Crippen molar-refractivity contribution in [1.29, 1.82) is 0 Å². The molecular formula is C16H19FN2O. The van der Waals surface area contributed by atoms with E-state index in [4.69, 9.17) is 4.74 Å². The van der Waals surface area contributed by atoms with E-state index in [1.54, 1.807) is 13.3 Å². The number of benzene rings is 1. The molecule has 1 atom stereocenters. The van der Waals surface area contributed by atoms with Gasteiger partial charge in [0.15, 0.2) is 0 Å². The van der Waals surface area contributed by atoms with Gasteiger partial charge in [0.2, 0.25) is 5.88 Å². The molecule has 0 spiro atoms. The molecule has 1 heterocycles. The van der Waals surface area contributed by atoms with E-state index < -0.39 is 0 Å². The highest BCUT2D eigenvalue weighted by molar-refractivity contribution is 5.22. The molecule has 0 fully saturated rings. The summed E-state index contributed by atoms with van der Waals surface area (Å²) in [5, 5.41) is 3.47. The van der Waals surface area contributed by atoms with Crippen molar-refractivity contribution in [2.45, 2.75) is 25.9 Å². The summed E-state index contributed by atoms with van der Waals surface area (Å²) in [4.78, 5) is 4.08. The molecule has 0 aliphatic carbocycles. The fraction of sp³-hybridized carbons (Fsp3) is 0.312. The molecule has 0 bridgehead atoms. The van der Waals surface area contributed by atoms with E-state index in [9.17, 15) is 4.39 Å². The number of halogens is 1. The number of ether oxygens (including phenoxy) is 1. The summed E-state index contributed by atoms with van der Waals surface area (Å²) in [6, 6.07) is 10.7. The molecular weight excluding hydrogens is 255 g/mol. The Morgan fingerprint density at radius 2 is 2.00 bits per heavy atom. The van der Waals surface area contributed by atoms with Crippen LogP contribution >= 0.6 is 0 Å². The highest BCUT2D eigenvalue weighted by Gasteiger charge is 2.09. The first-order chi connectivity index (χ1) is 9.72. The quantitative estimate of drug-likeness (QED) is 0.875. The van der Waals surface area contributed by atoms with Gasteiger partial charge >= 0.3 is 0 Å². The molecule has 1 N–H and O–H groups in total. The fourth-order valence-corrected chi connectivity index (χ4v) is 2.11. The average Bonchev–Trinajstić information content (AvgIpc) is 2.50. The van der Waals surface area contributed by atoms with Crippen LogP contribution < -0.4 is 10.1 Å². The lowest BCUT2D eigenvalue weighted by Gasteiger charge is -2.17. The second-order valence-corrected chi connectivity index (χ2v) is 4.60. The van der Waals surface area contributed by atoms with Gasteiger partial charge in [0.1, 0.15) is 5.82 Å². The minimum atomic E-state index is -0.206. The molecule has 1 aromatic heterocycles. The first-order valence-electron chi connectivity index (χ1n) is 6.70. The summed E-state index contributed by atoms with van der Waals surface area (Å²) < 4.78 is 18.1. The minimum absolute atomic E-state index is 0.203. The zero-order valence-corrected chi connectivity index (χ0v) is 11.8. The predicted octanol–water partition coefficient (Wildman–Crippen LogP) is 3.47. The van der Waals surface area contributed by atoms with Crippen molar-refractivity contribution in [2.75, 3.05) is 7.11 Å². The monoisotopic (exact) mass is 274 g/mol. The lowest BCUT2D eigenvalue weighted by atomic mass is 10.0. The zero-order chi connectivity index (χ0) is 14.4. The number of hydrogen-bond acceptors (Lipinski definition) is 3. The van der Waals surface area contributed by atoms with E-state index >= 15 is 0 Å². The highest BCUT2D eigenvalue weighted by Crippen LogP contribution is 2.18. The van der Waals surface area contributed by atoms with Crippen LogP contribution in [0.15, 0.2) is 42.6 Å². The standard InChI is InChI=1S/C16H19FN2O/c1-3-15(13-4-6-14(17)7-5-13)19-11-12-8-9-18-16(10-12)20-2/h4-10,15,19H,3,11H2,1-2H3. The van der Waals surface area contributed by atoms with Gasteiger partial charge < -0.3 is 10.1 Å². The molecule has 106 valence electrons. The zero-order valence-electron chi connectivity index (χ0n) is 11.8. The molecule has 2 rings (SSSR count). The maximum Gasteiger partial charge on any atom is 0.213 e. The van der Waals surface area contributed by atoms with Crippen LogP contribution in [0.2, 0.25) is 0 Å². The number of rotatable bonds is 6. The van der Waals surface area contributed by atoms with Gasteiger partial charge in [-0.3, -0.25) is 0 Å². The van der Waals surface area contributed by atoms with Gasteiger partial charge in [-0.2, -0.15) is 0 Å². The van der Waals surface area contributed by atoms with E-state index in [1.165, 1.54) is 12.1 Å². The van der Waals surface area contributed by atoms with Crippen LogP contribution in [0.25, 0.3) is 0 Å². The SMILES string of the molecule is CCC(NCc1ccnc(OC)c1)c1ccc(F)cc1. The second kappa shape index (κ2) is 7.01. The predicted molar refractivity (Wildman–Crippen MR) is 77.1 cm³/mol. The molecule has 0 aliphatic heterocycles. The number of methoxy groups -OCH3 is 1. The molecule has 0 saturated heterocycles. The van der Waals surface area contributed by atoms with Crippen molar-refractivity contribution in [3.63, 3.8) is 0 Å². The summed E-state index contributed by atoms with van der Waals surface area (Å²) in [5.41, 5.74) is 2.20. The van der Waals surface area contributed by atoms with Gasteiger partial charge in [-0.1, -0.05) is 19.1 Å². The lowest BCUT2D eigenvalue weighted by Crippen LogP contribution is -2.20. The number of nitrogens with one attached hydrogen (secondary N) is 1. The Morgan fingerprint density at radius 3 is 2.65 bits per heavy atom. The van der Waals surface area contributed by atoms with E-state index in [-0.39, 0.29) is 11.9 Å². The lowest BCUT2D eigenvalue weighted by molar-refractivity contribution is 0.396. The van der Waals surface area contributed by atoms with Gasteiger partial charge in [0.05, 0.1) is 7.11 Å². The minimum Gasteiger partial charge on any atom is -0.481 e. The molecule has 20 heavy (non-hydrogen) atoms. The van der Waals surface area contributed by atoms with Crippen molar-refractivity contribution in [3.8, 4) is 5.88 Å². The Balaban J connectivity index is 2.01. The van der Waals surface area contributed by atoms with Crippen molar-refractivity contribution in [2.24, 2.45) is 0 Å². The van der Waals surface area contributed by atoms with Crippen LogP contribution in [0.5, 0.6) is 5.88 Å². The number of aromatic nitrogens is 1. The maximum absolute atomic E-state index is 12.9. The van der Waals surface area contributed by atoms with Crippen molar-refractivity contribution < 1.29 is 9.13 Å². The van der Waals surface area contributed by atoms with Crippen molar-refractivity contribution in [3.05, 3.63) is 59.5 Å². The van der Waals surface area contributed by atoms with E-state index in [0.29, 0.717) is 5.88 Å². The Kier molecular flexibility index (Phi) is 5.07. The topological polar surface area (TPSA) is 34.2 Å². The Hall–Kier alpha value is -1.94. The van der Waals surface area contributed by atoms with Gasteiger partial charge in [-0.15, -0.1) is 0 Å². The summed E-state index contributed by atoms with van der Waals surface area (Å²) in [6.45, 7) is 2.82. The molecule has 4 heteroatoms. The summed E-state index contributed by atoms with van der Waals surface area (Å²) in [7, 11) is 1.60. The second-order valence-electron chi connectivity index (χ2n) is 4.60. The molecule has 0 radical (unpaired) electrons. The van der Waals surface area contributed by atoms with Crippen LogP contribution in [0.1, 0.15) is 30.5 Å². The van der Waals surface area contributed by atoms with E-state index in [2.05, 4.69) is 17.2 Å². The smallest absolute Gasteiger partial charge is 0.213 e. The van der Waals surface area contributed by atoms with Crippen LogP contribution in [0.4, 0.5) is 4.39 Å². The Bertz CT molecular complexity index is 542. The molecule has 2 aromatic rings. The first-order valence-corrected chi connectivity index (χ1v) is 6.70. The largest absolute Gasteiger partial charge is 0.481 e. The Morgan fingerprint density at radius 1 is 1.25 bits per heavy atom. The third kappa shape index (κ3) is 3.78. The van der Waals surface area contributed by atoms with Gasteiger partial charge in [-0.25, -0.2) is 9.37 Å². The maximum atomic E-state index is 12.9. The van der Waals surface area contributed by atoms with E-state index in [1.807, 2.05) is 24.3 Å². The number of hydrogen-bond donors (Lipinski definition) is 1. The molecule has 0 saturated carbocycles. The van der Waals surface area contributed by atoms with Crippen LogP contribution in [0, 0.1) is 5.82 Å². The number of nitrogens with zero attached hydrogens (tertiary/aromatic N) is 1. The summed E-state index contributed by atoms with van der Waals surface area (Å²) in [6.07, 6.45) is 2.67. The van der Waals surface area contributed by atoms with E-state index in [0.717, 1.165) is 24.1 Å². The number of pyridine rings is 1. The average molecular weight is 274 g/mol. The van der Waals surface area contributed by atoms with Crippen LogP contribution in [0.3, 0.4) is 0 Å². The third-order valence-electron chi connectivity index (χ3n) is 3.24. The van der Waals surface area contributed by atoms with Crippen molar-refractivity contribution in [1.82, 2.24) is 10.3 Å². The van der Waals surface area contributed by atoms with Gasteiger partial charge in [0.25, 0.3) is 0 Å². The summed E-state index contributed by atoms with van der Waals surface area (Å²) >= 11 is 0. The van der Waals surface area contributed by atoms with Gasteiger partial charge in [0, 0.05) is 24.8 Å². The molecule has 3 nitrogen and oxygen atoms in total. The summed E-state index contributed by atoms with van der Waals surface area (Å²) in [5.74, 6) is 0.404. The molecule has 1 aromatic carbocycles. The fourth-order valence-electron chi connectivity index (χ4n) is 2.11. The Labute approximate surface area is 118 Å². The normalized spacial score (nSPS) is 12.2. The molecule has 0 aliphatic rings.